The zero-order valence-electron chi connectivity index (χ0n) is 10.8. The molecule has 2 nitrogen and oxygen atoms in total. The zero-order valence-corrected chi connectivity index (χ0v) is 10.8. The largest absolute Gasteiger partial charge is 0.294 e. The first kappa shape index (κ1) is 11.4. The molecular weight excluding hydrogens is 248 g/mol. The average molecular weight is 260 g/mol. The van der Waals surface area contributed by atoms with E-state index >= 15 is 0 Å². The highest BCUT2D eigenvalue weighted by molar-refractivity contribution is 6.13. The van der Waals surface area contributed by atoms with E-state index in [1.54, 1.807) is 12.2 Å². The molecule has 0 N–H and O–H groups in total. The number of ketones is 2. The SMILES string of the molecule is O=C1C=C2C=C3C=c4ccccc4=CC3C(=O)C2=CC1. The summed E-state index contributed by atoms with van der Waals surface area (Å²) in [4.78, 5) is 24.1. The van der Waals surface area contributed by atoms with Gasteiger partial charge in [0.15, 0.2) is 11.6 Å². The normalized spacial score (nSPS) is 23.2. The van der Waals surface area contributed by atoms with Crippen molar-refractivity contribution in [1.29, 1.82) is 0 Å². The Labute approximate surface area is 116 Å². The third-order valence-corrected chi connectivity index (χ3v) is 4.03. The van der Waals surface area contributed by atoms with Crippen LogP contribution in [-0.4, -0.2) is 11.6 Å². The van der Waals surface area contributed by atoms with Gasteiger partial charge >= 0.3 is 0 Å². The number of carbonyl (C=O) groups is 2. The van der Waals surface area contributed by atoms with Gasteiger partial charge in [0.05, 0.1) is 5.92 Å². The Hall–Kier alpha value is -2.48. The standard InChI is InChI=1S/C18H12O2/c19-15-5-6-16-14(9-15)8-13-7-11-3-1-2-4-12(11)10-17(13)18(16)20/h1-4,6-10,17H,5H2. The van der Waals surface area contributed by atoms with Gasteiger partial charge in [0.1, 0.15) is 0 Å². The molecule has 20 heavy (non-hydrogen) atoms. The highest BCUT2D eigenvalue weighted by atomic mass is 16.1. The highest BCUT2D eigenvalue weighted by Gasteiger charge is 2.31. The molecule has 3 aliphatic rings. The number of hydrogen-bond acceptors (Lipinski definition) is 2. The van der Waals surface area contributed by atoms with Gasteiger partial charge in [-0.05, 0) is 33.7 Å². The summed E-state index contributed by atoms with van der Waals surface area (Å²) in [5.74, 6) is -0.0412. The van der Waals surface area contributed by atoms with Crippen LogP contribution in [0.5, 0.6) is 0 Å². The summed E-state index contributed by atoms with van der Waals surface area (Å²) in [6.45, 7) is 0. The molecule has 0 aromatic heterocycles. The van der Waals surface area contributed by atoms with E-state index in [0.29, 0.717) is 12.0 Å². The van der Waals surface area contributed by atoms with Crippen LogP contribution < -0.4 is 10.4 Å². The molecule has 0 saturated heterocycles. The Morgan fingerprint density at radius 3 is 2.60 bits per heavy atom. The predicted octanol–water partition coefficient (Wildman–Crippen LogP) is 1.21. The molecule has 0 radical (unpaired) electrons. The fourth-order valence-electron chi connectivity index (χ4n) is 3.04. The second-order valence-corrected chi connectivity index (χ2v) is 5.31. The Morgan fingerprint density at radius 2 is 1.75 bits per heavy atom. The van der Waals surface area contributed by atoms with E-state index in [1.165, 1.54) is 0 Å². The Kier molecular flexibility index (Phi) is 2.27. The summed E-state index contributed by atoms with van der Waals surface area (Å²) in [6.07, 6.45) is 9.74. The van der Waals surface area contributed by atoms with Crippen LogP contribution in [0.25, 0.3) is 12.2 Å². The van der Waals surface area contributed by atoms with Crippen LogP contribution >= 0.6 is 0 Å². The molecule has 0 amide bonds. The molecule has 2 heteroatoms. The van der Waals surface area contributed by atoms with Crippen molar-refractivity contribution in [2.75, 3.05) is 0 Å². The lowest BCUT2D eigenvalue weighted by Gasteiger charge is -2.26. The van der Waals surface area contributed by atoms with Crippen molar-refractivity contribution in [2.24, 2.45) is 5.92 Å². The number of rotatable bonds is 0. The number of carbonyl (C=O) groups excluding carboxylic acids is 2. The number of hydrogen-bond donors (Lipinski definition) is 0. The van der Waals surface area contributed by atoms with E-state index in [2.05, 4.69) is 6.08 Å². The molecule has 0 saturated carbocycles. The summed E-state index contributed by atoms with van der Waals surface area (Å²) in [5, 5.41) is 2.22. The summed E-state index contributed by atoms with van der Waals surface area (Å²) >= 11 is 0. The molecule has 96 valence electrons. The lowest BCUT2D eigenvalue weighted by Crippen LogP contribution is -2.34. The summed E-state index contributed by atoms with van der Waals surface area (Å²) < 4.78 is 0. The van der Waals surface area contributed by atoms with E-state index in [0.717, 1.165) is 21.6 Å². The van der Waals surface area contributed by atoms with Gasteiger partial charge in [0, 0.05) is 12.0 Å². The van der Waals surface area contributed by atoms with Crippen molar-refractivity contribution in [2.45, 2.75) is 6.42 Å². The number of fused-ring (bicyclic) bond motifs is 3. The second kappa shape index (κ2) is 4.01. The van der Waals surface area contributed by atoms with Crippen molar-refractivity contribution in [3.63, 3.8) is 0 Å². The van der Waals surface area contributed by atoms with Gasteiger partial charge in [-0.2, -0.15) is 0 Å². The Bertz CT molecular complexity index is 863. The Balaban J connectivity index is 1.98. The minimum Gasteiger partial charge on any atom is -0.294 e. The first-order chi connectivity index (χ1) is 9.72. The minimum atomic E-state index is -0.207. The van der Waals surface area contributed by atoms with E-state index in [-0.39, 0.29) is 17.5 Å². The van der Waals surface area contributed by atoms with Gasteiger partial charge in [0.25, 0.3) is 0 Å². The third-order valence-electron chi connectivity index (χ3n) is 4.03. The van der Waals surface area contributed by atoms with Crippen LogP contribution in [0.1, 0.15) is 6.42 Å². The minimum absolute atomic E-state index is 0.0621. The first-order valence-electron chi connectivity index (χ1n) is 6.72. The molecule has 0 fully saturated rings. The average Bonchev–Trinajstić information content (AvgIpc) is 2.45. The van der Waals surface area contributed by atoms with Crippen LogP contribution in [0, 0.1) is 5.92 Å². The monoisotopic (exact) mass is 260 g/mol. The molecule has 0 spiro atoms. The zero-order chi connectivity index (χ0) is 13.7. The van der Waals surface area contributed by atoms with Crippen molar-refractivity contribution < 1.29 is 9.59 Å². The second-order valence-electron chi connectivity index (χ2n) is 5.31. The number of Topliss-reactive ketones (excluding diaryl/α,β-unsaturated/α-hetero) is 1. The summed E-state index contributed by atoms with van der Waals surface area (Å²) in [6, 6.07) is 8.04. The molecule has 0 aliphatic heterocycles. The van der Waals surface area contributed by atoms with Crippen LogP contribution in [0.3, 0.4) is 0 Å². The van der Waals surface area contributed by atoms with Crippen LogP contribution in [0.15, 0.2) is 59.2 Å². The quantitative estimate of drug-likeness (QED) is 0.702. The van der Waals surface area contributed by atoms with Gasteiger partial charge in [-0.3, -0.25) is 9.59 Å². The molecule has 4 rings (SSSR count). The van der Waals surface area contributed by atoms with Crippen LogP contribution in [0.4, 0.5) is 0 Å². The van der Waals surface area contributed by atoms with Crippen molar-refractivity contribution >= 4 is 23.7 Å². The maximum atomic E-state index is 12.6. The van der Waals surface area contributed by atoms with Crippen LogP contribution in [-0.2, 0) is 9.59 Å². The van der Waals surface area contributed by atoms with Crippen LogP contribution in [0.2, 0.25) is 0 Å². The van der Waals surface area contributed by atoms with Gasteiger partial charge < -0.3 is 0 Å². The topological polar surface area (TPSA) is 34.1 Å². The highest BCUT2D eigenvalue weighted by Crippen LogP contribution is 2.34. The number of benzene rings is 1. The first-order valence-corrected chi connectivity index (χ1v) is 6.72. The van der Waals surface area contributed by atoms with Crippen molar-refractivity contribution in [1.82, 2.24) is 0 Å². The lowest BCUT2D eigenvalue weighted by molar-refractivity contribution is -0.116. The smallest absolute Gasteiger partial charge is 0.174 e. The molecule has 0 bridgehead atoms. The molecular formula is C18H12O2. The maximum Gasteiger partial charge on any atom is 0.174 e. The lowest BCUT2D eigenvalue weighted by atomic mass is 9.76. The molecule has 1 aromatic rings. The van der Waals surface area contributed by atoms with E-state index < -0.39 is 0 Å². The fraction of sp³-hybridized carbons (Fsp3) is 0.111. The predicted molar refractivity (Wildman–Crippen MR) is 77.0 cm³/mol. The van der Waals surface area contributed by atoms with Gasteiger partial charge in [-0.15, -0.1) is 0 Å². The Morgan fingerprint density at radius 1 is 0.950 bits per heavy atom. The van der Waals surface area contributed by atoms with Gasteiger partial charge in [0.2, 0.25) is 0 Å². The third kappa shape index (κ3) is 1.58. The van der Waals surface area contributed by atoms with Gasteiger partial charge in [-0.25, -0.2) is 0 Å². The van der Waals surface area contributed by atoms with Crippen molar-refractivity contribution in [3.05, 3.63) is 69.7 Å². The molecule has 1 aromatic carbocycles. The summed E-state index contributed by atoms with van der Waals surface area (Å²) in [7, 11) is 0. The maximum absolute atomic E-state index is 12.6. The van der Waals surface area contributed by atoms with E-state index in [4.69, 9.17) is 0 Å². The molecule has 0 heterocycles. The molecule has 3 aliphatic carbocycles. The van der Waals surface area contributed by atoms with Crippen molar-refractivity contribution in [3.8, 4) is 0 Å². The molecule has 1 atom stereocenters. The summed E-state index contributed by atoms with van der Waals surface area (Å²) in [5.41, 5.74) is 2.44. The molecule has 1 unspecified atom stereocenters. The van der Waals surface area contributed by atoms with Gasteiger partial charge in [-0.1, -0.05) is 42.5 Å². The fourth-order valence-corrected chi connectivity index (χ4v) is 3.04. The number of allylic oxidation sites excluding steroid dienone is 6. The van der Waals surface area contributed by atoms with E-state index in [9.17, 15) is 9.59 Å². The van der Waals surface area contributed by atoms with E-state index in [1.807, 2.05) is 36.4 Å².